The van der Waals surface area contributed by atoms with Crippen molar-refractivity contribution >= 4 is 5.91 Å². The van der Waals surface area contributed by atoms with Crippen molar-refractivity contribution in [3.63, 3.8) is 0 Å². The second kappa shape index (κ2) is 6.13. The number of para-hydroxylation sites is 1. The van der Waals surface area contributed by atoms with E-state index in [-0.39, 0.29) is 5.91 Å². The molecule has 1 amide bonds. The number of aromatic nitrogens is 1. The lowest BCUT2D eigenvalue weighted by atomic mass is 10.0. The van der Waals surface area contributed by atoms with Crippen molar-refractivity contribution in [1.29, 1.82) is 0 Å². The lowest BCUT2D eigenvalue weighted by molar-refractivity contribution is -0.141. The number of amides is 1. The second-order valence-electron chi connectivity index (χ2n) is 5.91. The highest BCUT2D eigenvalue weighted by Gasteiger charge is 2.30. The number of benzene rings is 1. The highest BCUT2D eigenvalue weighted by atomic mass is 16.5. The van der Waals surface area contributed by atoms with Crippen LogP contribution in [0.5, 0.6) is 11.6 Å². The molecule has 0 saturated carbocycles. The summed E-state index contributed by atoms with van der Waals surface area (Å²) in [5.41, 5.74) is 2.41. The predicted molar refractivity (Wildman–Crippen MR) is 85.7 cm³/mol. The number of hydrogen-bond donors (Lipinski definition) is 1. The Hall–Kier alpha value is -2.60. The summed E-state index contributed by atoms with van der Waals surface area (Å²) in [5, 5.41) is 10.6. The van der Waals surface area contributed by atoms with Gasteiger partial charge in [0.25, 0.3) is 5.91 Å². The SMILES string of the molecule is O=C(C(O)c1cccc2c1OCC2)N1CCOc2ncccc2C1. The van der Waals surface area contributed by atoms with Crippen LogP contribution in [0.1, 0.15) is 22.8 Å². The van der Waals surface area contributed by atoms with Gasteiger partial charge in [-0.1, -0.05) is 24.3 Å². The zero-order chi connectivity index (χ0) is 16.5. The van der Waals surface area contributed by atoms with Crippen LogP contribution >= 0.6 is 0 Å². The van der Waals surface area contributed by atoms with Crippen LogP contribution in [0.3, 0.4) is 0 Å². The van der Waals surface area contributed by atoms with Gasteiger partial charge >= 0.3 is 0 Å². The molecule has 124 valence electrons. The third-order valence-corrected chi connectivity index (χ3v) is 4.40. The van der Waals surface area contributed by atoms with Crippen LogP contribution in [0.15, 0.2) is 36.5 Å². The standard InChI is InChI=1S/C18H18N2O4/c21-15(14-5-1-3-12-6-9-23-16(12)14)18(22)20-8-10-24-17-13(11-20)4-2-7-19-17/h1-5,7,15,21H,6,8-11H2. The Morgan fingerprint density at radius 2 is 2.04 bits per heavy atom. The molecule has 24 heavy (non-hydrogen) atoms. The number of nitrogens with zero attached hydrogens (tertiary/aromatic N) is 2. The number of aliphatic hydroxyl groups is 1. The maximum absolute atomic E-state index is 12.8. The fourth-order valence-corrected chi connectivity index (χ4v) is 3.16. The Morgan fingerprint density at radius 3 is 2.96 bits per heavy atom. The highest BCUT2D eigenvalue weighted by Crippen LogP contribution is 2.34. The molecule has 0 fully saturated rings. The van der Waals surface area contributed by atoms with E-state index in [0.29, 0.717) is 43.5 Å². The van der Waals surface area contributed by atoms with Crippen molar-refractivity contribution in [3.8, 4) is 11.6 Å². The number of carbonyl (C=O) groups is 1. The van der Waals surface area contributed by atoms with Gasteiger partial charge in [-0.15, -0.1) is 0 Å². The van der Waals surface area contributed by atoms with Gasteiger partial charge in [0.2, 0.25) is 5.88 Å². The summed E-state index contributed by atoms with van der Waals surface area (Å²) >= 11 is 0. The first-order chi connectivity index (χ1) is 11.7. The first-order valence-corrected chi connectivity index (χ1v) is 8.02. The van der Waals surface area contributed by atoms with Crippen molar-refractivity contribution < 1.29 is 19.4 Å². The van der Waals surface area contributed by atoms with Crippen molar-refractivity contribution in [1.82, 2.24) is 9.88 Å². The summed E-state index contributed by atoms with van der Waals surface area (Å²) in [6, 6.07) is 9.25. The third kappa shape index (κ3) is 2.59. The van der Waals surface area contributed by atoms with E-state index in [1.165, 1.54) is 0 Å². The van der Waals surface area contributed by atoms with Gasteiger partial charge in [0.05, 0.1) is 19.7 Å². The highest BCUT2D eigenvalue weighted by molar-refractivity contribution is 5.83. The lowest BCUT2D eigenvalue weighted by Gasteiger charge is -2.23. The normalized spacial score (nSPS) is 17.1. The van der Waals surface area contributed by atoms with Crippen LogP contribution in [0, 0.1) is 0 Å². The topological polar surface area (TPSA) is 71.9 Å². The van der Waals surface area contributed by atoms with E-state index in [2.05, 4.69) is 4.98 Å². The summed E-state index contributed by atoms with van der Waals surface area (Å²) < 4.78 is 11.2. The van der Waals surface area contributed by atoms with Gasteiger partial charge in [0.15, 0.2) is 6.10 Å². The minimum atomic E-state index is -1.24. The molecular weight excluding hydrogens is 308 g/mol. The van der Waals surface area contributed by atoms with Crippen molar-refractivity contribution in [2.75, 3.05) is 19.8 Å². The average Bonchev–Trinajstić information content (AvgIpc) is 2.99. The molecule has 2 aliphatic rings. The zero-order valence-electron chi connectivity index (χ0n) is 13.1. The largest absolute Gasteiger partial charge is 0.493 e. The van der Waals surface area contributed by atoms with Crippen molar-refractivity contribution in [3.05, 3.63) is 53.2 Å². The number of aliphatic hydroxyl groups excluding tert-OH is 1. The van der Waals surface area contributed by atoms with Gasteiger partial charge in [-0.25, -0.2) is 4.98 Å². The summed E-state index contributed by atoms with van der Waals surface area (Å²) in [7, 11) is 0. The molecule has 1 atom stereocenters. The van der Waals surface area contributed by atoms with Gasteiger partial charge in [-0.3, -0.25) is 4.79 Å². The average molecular weight is 326 g/mol. The van der Waals surface area contributed by atoms with Crippen LogP contribution in [0.25, 0.3) is 0 Å². The zero-order valence-corrected chi connectivity index (χ0v) is 13.1. The Labute approximate surface area is 139 Å². The van der Waals surface area contributed by atoms with Crippen LogP contribution < -0.4 is 9.47 Å². The molecule has 0 saturated heterocycles. The van der Waals surface area contributed by atoms with E-state index < -0.39 is 6.10 Å². The molecule has 1 aromatic carbocycles. The summed E-state index contributed by atoms with van der Waals surface area (Å²) in [4.78, 5) is 18.6. The molecule has 2 aromatic rings. The van der Waals surface area contributed by atoms with Gasteiger partial charge in [-0.05, 0) is 11.6 Å². The van der Waals surface area contributed by atoms with Gasteiger partial charge in [0, 0.05) is 23.7 Å². The quantitative estimate of drug-likeness (QED) is 0.905. The smallest absolute Gasteiger partial charge is 0.256 e. The maximum Gasteiger partial charge on any atom is 0.256 e. The Balaban J connectivity index is 1.59. The fraction of sp³-hybridized carbons (Fsp3) is 0.333. The van der Waals surface area contributed by atoms with Gasteiger partial charge < -0.3 is 19.5 Å². The molecule has 3 heterocycles. The minimum Gasteiger partial charge on any atom is -0.493 e. The maximum atomic E-state index is 12.8. The number of pyridine rings is 1. The molecule has 0 radical (unpaired) electrons. The third-order valence-electron chi connectivity index (χ3n) is 4.40. The lowest BCUT2D eigenvalue weighted by Crippen LogP contribution is -2.36. The summed E-state index contributed by atoms with van der Waals surface area (Å²) in [6.07, 6.45) is 1.23. The van der Waals surface area contributed by atoms with E-state index >= 15 is 0 Å². The van der Waals surface area contributed by atoms with Gasteiger partial charge in [-0.2, -0.15) is 0 Å². The Bertz CT molecular complexity index is 777. The summed E-state index contributed by atoms with van der Waals surface area (Å²) in [5.74, 6) is 0.844. The monoisotopic (exact) mass is 326 g/mol. The fourth-order valence-electron chi connectivity index (χ4n) is 3.16. The van der Waals surface area contributed by atoms with E-state index in [4.69, 9.17) is 9.47 Å². The number of fused-ring (bicyclic) bond motifs is 2. The molecule has 1 N–H and O–H groups in total. The molecular formula is C18H18N2O4. The number of carbonyl (C=O) groups excluding carboxylic acids is 1. The predicted octanol–water partition coefficient (Wildman–Crippen LogP) is 1.47. The van der Waals surface area contributed by atoms with E-state index in [1.54, 1.807) is 17.2 Å². The van der Waals surface area contributed by atoms with E-state index in [9.17, 15) is 9.90 Å². The molecule has 0 bridgehead atoms. The molecule has 0 aliphatic carbocycles. The number of ether oxygens (including phenoxy) is 2. The van der Waals surface area contributed by atoms with Crippen LogP contribution in [-0.4, -0.2) is 40.7 Å². The molecule has 4 rings (SSSR count). The van der Waals surface area contributed by atoms with E-state index in [0.717, 1.165) is 17.5 Å². The van der Waals surface area contributed by atoms with Crippen LogP contribution in [-0.2, 0) is 17.8 Å². The first kappa shape index (κ1) is 15.0. The van der Waals surface area contributed by atoms with Crippen molar-refractivity contribution in [2.45, 2.75) is 19.1 Å². The molecule has 2 aliphatic heterocycles. The molecule has 1 aromatic heterocycles. The molecule has 1 unspecified atom stereocenters. The number of rotatable bonds is 2. The second-order valence-corrected chi connectivity index (χ2v) is 5.91. The van der Waals surface area contributed by atoms with Crippen molar-refractivity contribution in [2.24, 2.45) is 0 Å². The summed E-state index contributed by atoms with van der Waals surface area (Å²) in [6.45, 7) is 1.72. The molecule has 0 spiro atoms. The molecule has 6 heteroatoms. The minimum absolute atomic E-state index is 0.348. The van der Waals surface area contributed by atoms with E-state index in [1.807, 2.05) is 24.3 Å². The van der Waals surface area contributed by atoms with Crippen LogP contribution in [0.2, 0.25) is 0 Å². The molecule has 6 nitrogen and oxygen atoms in total. The Morgan fingerprint density at radius 1 is 1.17 bits per heavy atom. The van der Waals surface area contributed by atoms with Gasteiger partial charge in [0.1, 0.15) is 12.4 Å². The Kier molecular flexibility index (Phi) is 3.82. The van der Waals surface area contributed by atoms with Crippen LogP contribution in [0.4, 0.5) is 0 Å². The first-order valence-electron chi connectivity index (χ1n) is 8.02. The number of hydrogen-bond acceptors (Lipinski definition) is 5.